The Morgan fingerprint density at radius 3 is 2.20 bits per heavy atom. The highest BCUT2D eigenvalue weighted by Gasteiger charge is 2.12. The van der Waals surface area contributed by atoms with Gasteiger partial charge in [0.1, 0.15) is 0 Å². The molecule has 0 N–H and O–H groups in total. The van der Waals surface area contributed by atoms with Gasteiger partial charge < -0.3 is 4.74 Å². The lowest BCUT2D eigenvalue weighted by molar-refractivity contribution is -0.139. The van der Waals surface area contributed by atoms with Crippen molar-refractivity contribution in [3.63, 3.8) is 0 Å². The number of carbonyl (C=O) groups excluding carboxylic acids is 1. The Labute approximate surface area is 92.7 Å². The molecule has 0 saturated heterocycles. The Balaban J connectivity index is 2.23. The molecule has 0 aromatic carbocycles. The predicted molar refractivity (Wildman–Crippen MR) is 61.6 cm³/mol. The van der Waals surface area contributed by atoms with E-state index in [9.17, 15) is 4.79 Å². The second-order valence-electron chi connectivity index (χ2n) is 4.40. The van der Waals surface area contributed by atoms with Crippen LogP contribution in [0.2, 0.25) is 0 Å². The van der Waals surface area contributed by atoms with Gasteiger partial charge >= 0.3 is 5.97 Å². The Morgan fingerprint density at radius 2 is 1.67 bits per heavy atom. The van der Waals surface area contributed by atoms with Crippen LogP contribution in [-0.2, 0) is 9.53 Å². The molecule has 2 nitrogen and oxygen atoms in total. The van der Waals surface area contributed by atoms with Crippen molar-refractivity contribution >= 4 is 5.97 Å². The molecular weight excluding hydrogens is 188 g/mol. The van der Waals surface area contributed by atoms with E-state index in [0.29, 0.717) is 12.5 Å². The number of hydrogen-bond acceptors (Lipinski definition) is 2. The van der Waals surface area contributed by atoms with Crippen LogP contribution in [0.25, 0.3) is 0 Å². The van der Waals surface area contributed by atoms with Crippen LogP contribution >= 0.6 is 0 Å². The zero-order valence-corrected chi connectivity index (χ0v) is 9.54. The first-order chi connectivity index (χ1) is 7.33. The van der Waals surface area contributed by atoms with Crippen molar-refractivity contribution in [2.75, 3.05) is 6.61 Å². The molecule has 0 spiro atoms. The molecule has 0 amide bonds. The molecule has 0 aromatic heterocycles. The van der Waals surface area contributed by atoms with Crippen LogP contribution in [0.5, 0.6) is 0 Å². The van der Waals surface area contributed by atoms with Crippen molar-refractivity contribution < 1.29 is 9.53 Å². The van der Waals surface area contributed by atoms with Crippen LogP contribution in [-0.4, -0.2) is 12.6 Å². The molecule has 1 saturated carbocycles. The third-order valence-corrected chi connectivity index (χ3v) is 3.10. The molecule has 0 unspecified atom stereocenters. The molecule has 1 rings (SSSR count). The molecule has 1 aliphatic rings. The largest absolute Gasteiger partial charge is 0.462 e. The van der Waals surface area contributed by atoms with E-state index in [1.165, 1.54) is 57.4 Å². The number of carbonyl (C=O) groups is 1. The summed E-state index contributed by atoms with van der Waals surface area (Å²) in [5, 5.41) is 0. The highest BCUT2D eigenvalue weighted by molar-refractivity contribution is 5.81. The van der Waals surface area contributed by atoms with Crippen molar-refractivity contribution in [2.45, 2.75) is 51.4 Å². The first-order valence-corrected chi connectivity index (χ1v) is 6.12. The number of hydrogen-bond donors (Lipinski definition) is 0. The molecule has 15 heavy (non-hydrogen) atoms. The minimum absolute atomic E-state index is 0.283. The van der Waals surface area contributed by atoms with E-state index in [1.54, 1.807) is 0 Å². The van der Waals surface area contributed by atoms with Crippen molar-refractivity contribution in [1.82, 2.24) is 0 Å². The summed E-state index contributed by atoms with van der Waals surface area (Å²) in [6.45, 7) is 3.99. The topological polar surface area (TPSA) is 26.3 Å². The van der Waals surface area contributed by atoms with Gasteiger partial charge in [-0.05, 0) is 18.8 Å². The molecule has 0 radical (unpaired) electrons. The lowest BCUT2D eigenvalue weighted by atomic mass is 9.98. The normalized spacial score (nSPS) is 19.7. The quantitative estimate of drug-likeness (QED) is 0.526. The zero-order valence-electron chi connectivity index (χ0n) is 9.54. The van der Waals surface area contributed by atoms with Gasteiger partial charge in [-0.1, -0.05) is 45.1 Å². The number of esters is 1. The van der Waals surface area contributed by atoms with Gasteiger partial charge in [0.15, 0.2) is 0 Å². The second-order valence-corrected chi connectivity index (χ2v) is 4.40. The maximum atomic E-state index is 10.9. The summed E-state index contributed by atoms with van der Waals surface area (Å²) in [5.74, 6) is 0.293. The maximum absolute atomic E-state index is 10.9. The Hall–Kier alpha value is -0.790. The van der Waals surface area contributed by atoms with Crippen LogP contribution in [0, 0.1) is 5.92 Å². The summed E-state index contributed by atoms with van der Waals surface area (Å²) in [5.41, 5.74) is 0. The summed E-state index contributed by atoms with van der Waals surface area (Å²) < 4.78 is 5.11. The fraction of sp³-hybridized carbons (Fsp3) is 0.769. The molecule has 0 bridgehead atoms. The Morgan fingerprint density at radius 1 is 1.13 bits per heavy atom. The summed E-state index contributed by atoms with van der Waals surface area (Å²) in [6.07, 6.45) is 11.7. The minimum atomic E-state index is -0.283. The van der Waals surface area contributed by atoms with Gasteiger partial charge in [0.05, 0.1) is 6.61 Å². The van der Waals surface area contributed by atoms with Gasteiger partial charge in [-0.15, -0.1) is 0 Å². The Kier molecular flexibility index (Phi) is 6.14. The SMILES string of the molecule is C=CC(=O)OCC1CCCCCCCC1. The minimum Gasteiger partial charge on any atom is -0.462 e. The fourth-order valence-electron chi connectivity index (χ4n) is 2.14. The van der Waals surface area contributed by atoms with Gasteiger partial charge in [0.25, 0.3) is 0 Å². The van der Waals surface area contributed by atoms with E-state index >= 15 is 0 Å². The first-order valence-electron chi connectivity index (χ1n) is 6.12. The van der Waals surface area contributed by atoms with Crippen molar-refractivity contribution in [1.29, 1.82) is 0 Å². The first kappa shape index (κ1) is 12.3. The lowest BCUT2D eigenvalue weighted by Gasteiger charge is -2.14. The lowest BCUT2D eigenvalue weighted by Crippen LogP contribution is -2.12. The molecule has 0 aliphatic heterocycles. The molecule has 0 atom stereocenters. The fourth-order valence-corrected chi connectivity index (χ4v) is 2.14. The van der Waals surface area contributed by atoms with Gasteiger partial charge in [0.2, 0.25) is 0 Å². The molecule has 86 valence electrons. The Bertz CT molecular complexity index is 189. The predicted octanol–water partition coefficient (Wildman–Crippen LogP) is 3.47. The van der Waals surface area contributed by atoms with E-state index < -0.39 is 0 Å². The third kappa shape index (κ3) is 5.60. The van der Waals surface area contributed by atoms with E-state index in [1.807, 2.05) is 0 Å². The summed E-state index contributed by atoms with van der Waals surface area (Å²) in [4.78, 5) is 10.9. The highest BCUT2D eigenvalue weighted by Crippen LogP contribution is 2.21. The second kappa shape index (κ2) is 7.49. The van der Waals surface area contributed by atoms with Crippen LogP contribution in [0.4, 0.5) is 0 Å². The van der Waals surface area contributed by atoms with Crippen LogP contribution in [0.15, 0.2) is 12.7 Å². The summed E-state index contributed by atoms with van der Waals surface area (Å²) >= 11 is 0. The molecule has 0 aromatic rings. The third-order valence-electron chi connectivity index (χ3n) is 3.10. The van der Waals surface area contributed by atoms with E-state index in [-0.39, 0.29) is 5.97 Å². The molecule has 0 heterocycles. The zero-order chi connectivity index (χ0) is 10.9. The van der Waals surface area contributed by atoms with Crippen LogP contribution in [0.1, 0.15) is 51.4 Å². The van der Waals surface area contributed by atoms with Crippen molar-refractivity contribution in [3.8, 4) is 0 Å². The monoisotopic (exact) mass is 210 g/mol. The smallest absolute Gasteiger partial charge is 0.330 e. The van der Waals surface area contributed by atoms with Gasteiger partial charge in [0, 0.05) is 6.08 Å². The maximum Gasteiger partial charge on any atom is 0.330 e. The summed E-state index contributed by atoms with van der Waals surface area (Å²) in [7, 11) is 0. The van der Waals surface area contributed by atoms with Crippen LogP contribution < -0.4 is 0 Å². The van der Waals surface area contributed by atoms with E-state index in [2.05, 4.69) is 6.58 Å². The molecule has 2 heteroatoms. The van der Waals surface area contributed by atoms with Crippen molar-refractivity contribution in [3.05, 3.63) is 12.7 Å². The van der Waals surface area contributed by atoms with Gasteiger partial charge in [-0.3, -0.25) is 0 Å². The number of ether oxygens (including phenoxy) is 1. The summed E-state index contributed by atoms with van der Waals surface area (Å²) in [6, 6.07) is 0. The van der Waals surface area contributed by atoms with Gasteiger partial charge in [-0.2, -0.15) is 0 Å². The molecule has 1 aliphatic carbocycles. The number of rotatable bonds is 3. The average molecular weight is 210 g/mol. The average Bonchev–Trinajstić information content (AvgIpc) is 2.39. The van der Waals surface area contributed by atoms with E-state index in [0.717, 1.165) is 0 Å². The van der Waals surface area contributed by atoms with Crippen LogP contribution in [0.3, 0.4) is 0 Å². The molecular formula is C13H22O2. The molecule has 1 fully saturated rings. The van der Waals surface area contributed by atoms with Gasteiger partial charge in [-0.25, -0.2) is 4.79 Å². The highest BCUT2D eigenvalue weighted by atomic mass is 16.5. The standard InChI is InChI=1S/C13H22O2/c1-2-13(14)15-11-12-9-7-5-3-4-6-8-10-12/h2,12H,1,3-11H2. The van der Waals surface area contributed by atoms with Crippen molar-refractivity contribution in [2.24, 2.45) is 5.92 Å². The van der Waals surface area contributed by atoms with E-state index in [4.69, 9.17) is 4.74 Å².